The molecule has 7 nitrogen and oxygen atoms in total. The summed E-state index contributed by atoms with van der Waals surface area (Å²) in [6.45, 7) is 5.91. The van der Waals surface area contributed by atoms with Gasteiger partial charge in [0.05, 0.1) is 18.8 Å². The zero-order valence-electron chi connectivity index (χ0n) is 18.2. The Morgan fingerprint density at radius 3 is 2.57 bits per heavy atom. The summed E-state index contributed by atoms with van der Waals surface area (Å²) in [4.78, 5) is 17.1. The molecule has 1 unspecified atom stereocenters. The number of pyridine rings is 1. The molecule has 2 heterocycles. The van der Waals surface area contributed by atoms with Crippen molar-refractivity contribution in [3.05, 3.63) is 46.6 Å². The molecule has 0 radical (unpaired) electrons. The van der Waals surface area contributed by atoms with Crippen LogP contribution >= 0.6 is 0 Å². The molecule has 158 valence electrons. The van der Waals surface area contributed by atoms with Crippen molar-refractivity contribution in [1.82, 2.24) is 20.1 Å². The molecule has 1 saturated carbocycles. The minimum absolute atomic E-state index is 0.0907. The summed E-state index contributed by atoms with van der Waals surface area (Å²) < 4.78 is 12.8. The number of ether oxygens (including phenoxy) is 2. The largest absolute Gasteiger partial charge is 0.497 e. The molecular weight excluding hydrogens is 380 g/mol. The molecule has 1 fully saturated rings. The van der Waals surface area contributed by atoms with Gasteiger partial charge in [0.2, 0.25) is 5.88 Å². The molecule has 0 bridgehead atoms. The highest BCUT2D eigenvalue weighted by Gasteiger charge is 2.30. The number of nitrogens with zero attached hydrogens (tertiary/aromatic N) is 3. The number of rotatable bonds is 7. The molecule has 1 N–H and O–H groups in total. The fourth-order valence-electron chi connectivity index (χ4n) is 3.73. The zero-order chi connectivity index (χ0) is 21.4. The molecule has 30 heavy (non-hydrogen) atoms. The van der Waals surface area contributed by atoms with Crippen LogP contribution in [0.3, 0.4) is 0 Å². The van der Waals surface area contributed by atoms with E-state index in [4.69, 9.17) is 9.47 Å². The van der Waals surface area contributed by atoms with Gasteiger partial charge in [-0.25, -0.2) is 0 Å². The van der Waals surface area contributed by atoms with Gasteiger partial charge < -0.3 is 14.8 Å². The number of amides is 1. The lowest BCUT2D eigenvalue weighted by molar-refractivity contribution is -0.123. The highest BCUT2D eigenvalue weighted by Crippen LogP contribution is 2.43. The fourth-order valence-corrected chi connectivity index (χ4v) is 3.73. The number of hydrogen-bond donors (Lipinski definition) is 1. The molecule has 1 aliphatic rings. The van der Waals surface area contributed by atoms with Gasteiger partial charge in [-0.3, -0.25) is 9.48 Å². The third kappa shape index (κ3) is 3.84. The Hall–Kier alpha value is -3.09. The minimum atomic E-state index is -0.194. The highest BCUT2D eigenvalue weighted by atomic mass is 16.5. The van der Waals surface area contributed by atoms with E-state index < -0.39 is 0 Å². The number of nitrogens with one attached hydrogen (secondary N) is 1. The summed E-state index contributed by atoms with van der Waals surface area (Å²) in [5.41, 5.74) is 5.02. The fraction of sp³-hybridized carbons (Fsp3) is 0.435. The Labute approximate surface area is 176 Å². The maximum atomic E-state index is 12.4. The normalized spacial score (nSPS) is 14.6. The van der Waals surface area contributed by atoms with Gasteiger partial charge in [-0.1, -0.05) is 12.1 Å². The second-order valence-electron chi connectivity index (χ2n) is 8.00. The van der Waals surface area contributed by atoms with Crippen LogP contribution in [0, 0.1) is 13.8 Å². The lowest BCUT2D eigenvalue weighted by atomic mass is 10.1. The molecule has 3 aromatic rings. The summed E-state index contributed by atoms with van der Waals surface area (Å²) in [6, 6.07) is 7.50. The van der Waals surface area contributed by atoms with Gasteiger partial charge in [-0.15, -0.1) is 0 Å². The van der Waals surface area contributed by atoms with E-state index in [0.29, 0.717) is 11.8 Å². The van der Waals surface area contributed by atoms with Crippen LogP contribution in [-0.4, -0.2) is 34.4 Å². The zero-order valence-corrected chi connectivity index (χ0v) is 18.2. The van der Waals surface area contributed by atoms with E-state index in [1.165, 1.54) is 12.8 Å². The molecule has 1 atom stereocenters. The molecule has 0 spiro atoms. The van der Waals surface area contributed by atoms with E-state index in [-0.39, 0.29) is 18.6 Å². The van der Waals surface area contributed by atoms with Crippen LogP contribution in [-0.2, 0) is 11.8 Å². The van der Waals surface area contributed by atoms with E-state index in [2.05, 4.69) is 22.3 Å². The molecule has 1 aromatic carbocycles. The van der Waals surface area contributed by atoms with Gasteiger partial charge in [0.25, 0.3) is 5.91 Å². The van der Waals surface area contributed by atoms with Crippen molar-refractivity contribution >= 4 is 16.9 Å². The van der Waals surface area contributed by atoms with Crippen LogP contribution in [0.4, 0.5) is 0 Å². The quantitative estimate of drug-likeness (QED) is 0.645. The van der Waals surface area contributed by atoms with E-state index in [1.807, 2.05) is 49.8 Å². The second kappa shape index (κ2) is 7.97. The summed E-state index contributed by atoms with van der Waals surface area (Å²) in [5, 5.41) is 8.78. The Kier molecular flexibility index (Phi) is 5.37. The Balaban J connectivity index is 1.45. The van der Waals surface area contributed by atoms with E-state index in [0.717, 1.165) is 39.2 Å². The number of aryl methyl sites for hydroxylation is 2. The Morgan fingerprint density at radius 2 is 1.93 bits per heavy atom. The van der Waals surface area contributed by atoms with Gasteiger partial charge in [0, 0.05) is 23.9 Å². The maximum absolute atomic E-state index is 12.4. The number of fused-ring (bicyclic) bond motifs is 1. The van der Waals surface area contributed by atoms with Crippen LogP contribution in [0.15, 0.2) is 24.3 Å². The third-order valence-corrected chi connectivity index (χ3v) is 5.81. The van der Waals surface area contributed by atoms with Crippen molar-refractivity contribution < 1.29 is 14.3 Å². The van der Waals surface area contributed by atoms with Crippen molar-refractivity contribution in [2.45, 2.75) is 45.6 Å². The maximum Gasteiger partial charge on any atom is 0.258 e. The third-order valence-electron chi connectivity index (χ3n) is 5.81. The minimum Gasteiger partial charge on any atom is -0.497 e. The molecular formula is C23H28N4O3. The summed E-state index contributed by atoms with van der Waals surface area (Å²) >= 11 is 0. The monoisotopic (exact) mass is 408 g/mol. The van der Waals surface area contributed by atoms with Crippen molar-refractivity contribution in [1.29, 1.82) is 0 Å². The van der Waals surface area contributed by atoms with Crippen LogP contribution < -0.4 is 14.8 Å². The molecule has 7 heteroatoms. The Morgan fingerprint density at radius 1 is 1.23 bits per heavy atom. The van der Waals surface area contributed by atoms with Gasteiger partial charge in [0.15, 0.2) is 12.3 Å². The van der Waals surface area contributed by atoms with E-state index in [9.17, 15) is 4.79 Å². The van der Waals surface area contributed by atoms with Crippen LogP contribution in [0.1, 0.15) is 54.1 Å². The van der Waals surface area contributed by atoms with Crippen LogP contribution in [0.5, 0.6) is 11.6 Å². The molecule has 1 amide bonds. The highest BCUT2D eigenvalue weighted by molar-refractivity contribution is 5.85. The summed E-state index contributed by atoms with van der Waals surface area (Å²) in [5.74, 6) is 1.62. The van der Waals surface area contributed by atoms with E-state index >= 15 is 0 Å². The van der Waals surface area contributed by atoms with Crippen molar-refractivity contribution in [3.63, 3.8) is 0 Å². The topological polar surface area (TPSA) is 78.3 Å². The van der Waals surface area contributed by atoms with Crippen molar-refractivity contribution in [2.75, 3.05) is 13.7 Å². The molecule has 2 aromatic heterocycles. The van der Waals surface area contributed by atoms with Crippen molar-refractivity contribution in [3.8, 4) is 11.6 Å². The first kappa shape index (κ1) is 20.2. The first-order valence-electron chi connectivity index (χ1n) is 10.3. The molecule has 1 aliphatic carbocycles. The first-order chi connectivity index (χ1) is 14.4. The van der Waals surface area contributed by atoms with Crippen molar-refractivity contribution in [2.24, 2.45) is 7.05 Å². The molecule has 0 aliphatic heterocycles. The van der Waals surface area contributed by atoms with Gasteiger partial charge in [-0.2, -0.15) is 10.1 Å². The average molecular weight is 409 g/mol. The lowest BCUT2D eigenvalue weighted by Crippen LogP contribution is -2.31. The van der Waals surface area contributed by atoms with Crippen LogP contribution in [0.25, 0.3) is 11.0 Å². The smallest absolute Gasteiger partial charge is 0.258 e. The Bertz CT molecular complexity index is 1080. The number of carbonyl (C=O) groups excluding carboxylic acids is 1. The van der Waals surface area contributed by atoms with Gasteiger partial charge >= 0.3 is 0 Å². The predicted molar refractivity (Wildman–Crippen MR) is 115 cm³/mol. The number of hydrogen-bond acceptors (Lipinski definition) is 5. The first-order valence-corrected chi connectivity index (χ1v) is 10.3. The van der Waals surface area contributed by atoms with Gasteiger partial charge in [-0.05, 0) is 56.9 Å². The summed E-state index contributed by atoms with van der Waals surface area (Å²) in [6.07, 6.45) is 2.38. The SMILES string of the molecule is COc1ccc(C(C)NC(=O)COc2nc3c(c(C4CC4)nn3C)c(C)c2C)cc1. The lowest BCUT2D eigenvalue weighted by Gasteiger charge is -2.16. The number of aromatic nitrogens is 3. The average Bonchev–Trinajstić information content (AvgIpc) is 3.53. The molecule has 4 rings (SSSR count). The second-order valence-corrected chi connectivity index (χ2v) is 8.00. The molecule has 0 saturated heterocycles. The number of carbonyl (C=O) groups is 1. The van der Waals surface area contributed by atoms with Crippen LogP contribution in [0.2, 0.25) is 0 Å². The van der Waals surface area contributed by atoms with E-state index in [1.54, 1.807) is 7.11 Å². The summed E-state index contributed by atoms with van der Waals surface area (Å²) in [7, 11) is 3.54. The predicted octanol–water partition coefficient (Wildman–Crippen LogP) is 3.73. The standard InChI is InChI=1S/C23H28N4O3/c1-13-14(2)23(25-22-20(13)21(17-6-7-17)26-27(22)4)30-12-19(28)24-15(3)16-8-10-18(29-5)11-9-16/h8-11,15,17H,6-7,12H2,1-5H3,(H,24,28). The number of benzene rings is 1. The number of methoxy groups -OCH3 is 1. The van der Waals surface area contributed by atoms with Gasteiger partial charge in [0.1, 0.15) is 5.75 Å².